The van der Waals surface area contributed by atoms with E-state index in [0.717, 1.165) is 0 Å². The Morgan fingerprint density at radius 3 is 2.84 bits per heavy atom. The molecule has 0 fully saturated rings. The van der Waals surface area contributed by atoms with Gasteiger partial charge in [0.15, 0.2) is 11.5 Å². The number of fused-ring (bicyclic) bond motifs is 1. The first-order chi connectivity index (χ1) is 9.24. The van der Waals surface area contributed by atoms with Gasteiger partial charge in [0.25, 0.3) is 0 Å². The van der Waals surface area contributed by atoms with Gasteiger partial charge in [-0.2, -0.15) is 5.26 Å². The normalized spacial score (nSPS) is 13.6. The fraction of sp³-hybridized carbons (Fsp3) is 0.286. The van der Waals surface area contributed by atoms with Crippen LogP contribution in [-0.2, 0) is 9.53 Å². The molecule has 0 spiro atoms. The third-order valence-corrected chi connectivity index (χ3v) is 2.49. The van der Waals surface area contributed by atoms with Gasteiger partial charge >= 0.3 is 5.97 Å². The van der Waals surface area contributed by atoms with Crippen molar-refractivity contribution < 1.29 is 19.0 Å². The van der Waals surface area contributed by atoms with Crippen LogP contribution in [0, 0.1) is 11.3 Å². The Morgan fingerprint density at radius 2 is 2.16 bits per heavy atom. The molecule has 0 saturated carbocycles. The van der Waals surface area contributed by atoms with E-state index in [2.05, 4.69) is 0 Å². The summed E-state index contributed by atoms with van der Waals surface area (Å²) in [5, 5.41) is 8.95. The molecule has 2 rings (SSSR count). The molecule has 5 nitrogen and oxygen atoms in total. The van der Waals surface area contributed by atoms with Gasteiger partial charge in [-0.3, -0.25) is 0 Å². The first-order valence-electron chi connectivity index (χ1n) is 5.93. The smallest absolute Gasteiger partial charge is 0.348 e. The summed E-state index contributed by atoms with van der Waals surface area (Å²) in [5.74, 6) is 0.652. The lowest BCUT2D eigenvalue weighted by Crippen LogP contribution is -2.15. The fourth-order valence-electron chi connectivity index (χ4n) is 1.66. The molecule has 1 heterocycles. The number of ether oxygens (including phenoxy) is 3. The minimum Gasteiger partial charge on any atom is -0.486 e. The molecule has 0 aliphatic carbocycles. The minimum atomic E-state index is -0.625. The fourth-order valence-corrected chi connectivity index (χ4v) is 1.66. The highest BCUT2D eigenvalue weighted by Gasteiger charge is 2.13. The van der Waals surface area contributed by atoms with Gasteiger partial charge in [0, 0.05) is 0 Å². The predicted molar refractivity (Wildman–Crippen MR) is 67.7 cm³/mol. The molecule has 0 atom stereocenters. The number of hydrogen-bond acceptors (Lipinski definition) is 5. The number of carbonyl (C=O) groups excluding carboxylic acids is 1. The van der Waals surface area contributed by atoms with E-state index < -0.39 is 5.97 Å². The van der Waals surface area contributed by atoms with Crippen molar-refractivity contribution in [1.82, 2.24) is 0 Å². The van der Waals surface area contributed by atoms with Crippen molar-refractivity contribution in [1.29, 1.82) is 5.26 Å². The highest BCUT2D eigenvalue weighted by Crippen LogP contribution is 2.31. The van der Waals surface area contributed by atoms with Crippen LogP contribution in [0.3, 0.4) is 0 Å². The van der Waals surface area contributed by atoms with E-state index in [1.54, 1.807) is 25.1 Å². The van der Waals surface area contributed by atoms with Crippen LogP contribution in [0.2, 0.25) is 0 Å². The monoisotopic (exact) mass is 259 g/mol. The van der Waals surface area contributed by atoms with Gasteiger partial charge in [-0.25, -0.2) is 4.79 Å². The highest BCUT2D eigenvalue weighted by molar-refractivity contribution is 5.97. The molecule has 0 bridgehead atoms. The second kappa shape index (κ2) is 5.91. The quantitative estimate of drug-likeness (QED) is 0.471. The molecule has 5 heteroatoms. The van der Waals surface area contributed by atoms with Gasteiger partial charge in [0.05, 0.1) is 6.61 Å². The van der Waals surface area contributed by atoms with Crippen LogP contribution in [0.5, 0.6) is 11.5 Å². The van der Waals surface area contributed by atoms with Crippen LogP contribution >= 0.6 is 0 Å². The van der Waals surface area contributed by atoms with Gasteiger partial charge < -0.3 is 14.2 Å². The number of esters is 1. The second-order valence-corrected chi connectivity index (χ2v) is 3.79. The zero-order valence-electron chi connectivity index (χ0n) is 10.5. The van der Waals surface area contributed by atoms with Crippen molar-refractivity contribution in [3.8, 4) is 17.6 Å². The van der Waals surface area contributed by atoms with Gasteiger partial charge in [-0.15, -0.1) is 0 Å². The van der Waals surface area contributed by atoms with E-state index in [9.17, 15) is 4.79 Å². The molecule has 1 aliphatic rings. The predicted octanol–water partition coefficient (Wildman–Crippen LogP) is 1.93. The van der Waals surface area contributed by atoms with Crippen LogP contribution in [0.25, 0.3) is 6.08 Å². The van der Waals surface area contributed by atoms with Crippen molar-refractivity contribution in [2.75, 3.05) is 19.8 Å². The molecule has 1 aromatic carbocycles. The Kier molecular flexibility index (Phi) is 4.04. The third kappa shape index (κ3) is 3.05. The topological polar surface area (TPSA) is 68.6 Å². The summed E-state index contributed by atoms with van der Waals surface area (Å²) in [6, 6.07) is 7.06. The lowest BCUT2D eigenvalue weighted by Gasteiger charge is -2.18. The Bertz CT molecular complexity index is 557. The van der Waals surface area contributed by atoms with Crippen molar-refractivity contribution in [3.05, 3.63) is 29.3 Å². The molecule has 98 valence electrons. The Morgan fingerprint density at radius 1 is 1.42 bits per heavy atom. The molecule has 0 saturated heterocycles. The summed E-state index contributed by atoms with van der Waals surface area (Å²) in [4.78, 5) is 11.5. The average molecular weight is 259 g/mol. The third-order valence-electron chi connectivity index (χ3n) is 2.49. The van der Waals surface area contributed by atoms with Crippen molar-refractivity contribution in [2.45, 2.75) is 6.92 Å². The second-order valence-electron chi connectivity index (χ2n) is 3.79. The van der Waals surface area contributed by atoms with Crippen LogP contribution in [0.15, 0.2) is 23.8 Å². The summed E-state index contributed by atoms with van der Waals surface area (Å²) < 4.78 is 15.6. The van der Waals surface area contributed by atoms with Gasteiger partial charge in [-0.05, 0) is 30.7 Å². The highest BCUT2D eigenvalue weighted by atomic mass is 16.6. The lowest BCUT2D eigenvalue weighted by molar-refractivity contribution is -0.137. The standard InChI is InChI=1S/C14H13NO4/c1-2-17-14(16)11(9-15)7-10-3-4-12-13(8-10)19-6-5-18-12/h3-4,7-8H,2,5-6H2,1H3/b11-7-. The van der Waals surface area contributed by atoms with E-state index in [4.69, 9.17) is 19.5 Å². The van der Waals surface area contributed by atoms with Crippen LogP contribution in [0.4, 0.5) is 0 Å². The number of benzene rings is 1. The molecule has 0 amide bonds. The molecular formula is C14H13NO4. The maximum Gasteiger partial charge on any atom is 0.348 e. The van der Waals surface area contributed by atoms with Gasteiger partial charge in [-0.1, -0.05) is 6.07 Å². The van der Waals surface area contributed by atoms with Crippen molar-refractivity contribution in [2.24, 2.45) is 0 Å². The molecule has 19 heavy (non-hydrogen) atoms. The van der Waals surface area contributed by atoms with Crippen molar-refractivity contribution >= 4 is 12.0 Å². The molecule has 1 aromatic rings. The molecule has 1 aliphatic heterocycles. The Labute approximate surface area is 111 Å². The van der Waals surface area contributed by atoms with Crippen LogP contribution in [-0.4, -0.2) is 25.8 Å². The molecule has 0 radical (unpaired) electrons. The maximum atomic E-state index is 11.5. The van der Waals surface area contributed by atoms with E-state index in [1.165, 1.54) is 6.08 Å². The average Bonchev–Trinajstić information content (AvgIpc) is 2.44. The summed E-state index contributed by atoms with van der Waals surface area (Å²) in [5.41, 5.74) is 0.646. The number of nitriles is 1. The SMILES string of the molecule is CCOC(=O)/C(C#N)=C\c1ccc2c(c1)OCCO2. The summed E-state index contributed by atoms with van der Waals surface area (Å²) in [6.45, 7) is 2.94. The summed E-state index contributed by atoms with van der Waals surface area (Å²) in [7, 11) is 0. The number of rotatable bonds is 3. The first kappa shape index (κ1) is 13.0. The van der Waals surface area contributed by atoms with Crippen LogP contribution < -0.4 is 9.47 Å². The van der Waals surface area contributed by atoms with Gasteiger partial charge in [0.2, 0.25) is 0 Å². The zero-order valence-corrected chi connectivity index (χ0v) is 10.5. The largest absolute Gasteiger partial charge is 0.486 e. The van der Waals surface area contributed by atoms with E-state index in [0.29, 0.717) is 30.3 Å². The van der Waals surface area contributed by atoms with E-state index in [1.807, 2.05) is 6.07 Å². The maximum absolute atomic E-state index is 11.5. The number of hydrogen-bond donors (Lipinski definition) is 0. The summed E-state index contributed by atoms with van der Waals surface area (Å²) >= 11 is 0. The lowest BCUT2D eigenvalue weighted by atomic mass is 10.1. The van der Waals surface area contributed by atoms with E-state index >= 15 is 0 Å². The number of nitrogens with zero attached hydrogens (tertiary/aromatic N) is 1. The Hall–Kier alpha value is -2.48. The van der Waals surface area contributed by atoms with E-state index in [-0.39, 0.29) is 12.2 Å². The zero-order chi connectivity index (χ0) is 13.7. The molecule has 0 aromatic heterocycles. The molecular weight excluding hydrogens is 246 g/mol. The molecule has 0 unspecified atom stereocenters. The van der Waals surface area contributed by atoms with Crippen LogP contribution in [0.1, 0.15) is 12.5 Å². The number of carbonyl (C=O) groups is 1. The van der Waals surface area contributed by atoms with Gasteiger partial charge in [0.1, 0.15) is 24.9 Å². The Balaban J connectivity index is 2.26. The summed E-state index contributed by atoms with van der Waals surface area (Å²) in [6.07, 6.45) is 1.47. The van der Waals surface area contributed by atoms with Crippen molar-refractivity contribution in [3.63, 3.8) is 0 Å². The molecule has 0 N–H and O–H groups in total. The minimum absolute atomic E-state index is 0.0430. The first-order valence-corrected chi connectivity index (χ1v) is 5.93.